The Labute approximate surface area is 197 Å². The second-order valence-corrected chi connectivity index (χ2v) is 9.31. The molecule has 0 aliphatic heterocycles. The summed E-state index contributed by atoms with van der Waals surface area (Å²) in [6.07, 6.45) is 6.80. The molecule has 5 nitrogen and oxygen atoms in total. The van der Waals surface area contributed by atoms with Crippen molar-refractivity contribution in [2.75, 3.05) is 5.32 Å². The van der Waals surface area contributed by atoms with Crippen LogP contribution in [0.5, 0.6) is 5.75 Å². The number of nitrogens with zero attached hydrogens (tertiary/aromatic N) is 1. The van der Waals surface area contributed by atoms with E-state index in [0.29, 0.717) is 12.0 Å². The maximum absolute atomic E-state index is 12.9. The number of aromatic nitrogens is 1. The van der Waals surface area contributed by atoms with Crippen LogP contribution in [-0.2, 0) is 0 Å². The van der Waals surface area contributed by atoms with E-state index in [1.54, 1.807) is 18.3 Å². The number of fused-ring (bicyclic) bond motifs is 1. The van der Waals surface area contributed by atoms with E-state index in [4.69, 9.17) is 28.9 Å². The summed E-state index contributed by atoms with van der Waals surface area (Å²) in [5.74, 6) is -0.0529. The summed E-state index contributed by atoms with van der Waals surface area (Å²) in [5.41, 5.74) is 9.98. The topological polar surface area (TPSA) is 88.2 Å². The van der Waals surface area contributed by atoms with Crippen LogP contribution in [0, 0.1) is 0 Å². The van der Waals surface area contributed by atoms with Gasteiger partial charge in [0.2, 0.25) is 0 Å². The van der Waals surface area contributed by atoms with Crippen LogP contribution in [0.1, 0.15) is 55.8 Å². The normalized spacial score (nSPS) is 18.6. The average Bonchev–Trinajstić information content (AvgIpc) is 2.78. The van der Waals surface area contributed by atoms with E-state index >= 15 is 0 Å². The lowest BCUT2D eigenvalue weighted by molar-refractivity contribution is 0.0982. The maximum atomic E-state index is 12.9. The number of phenols is 1. The van der Waals surface area contributed by atoms with Gasteiger partial charge in [-0.2, -0.15) is 0 Å². The number of nitrogens with one attached hydrogen (secondary N) is 1. The number of benzene rings is 2. The molecule has 3 aromatic rings. The van der Waals surface area contributed by atoms with Gasteiger partial charge in [0.15, 0.2) is 11.5 Å². The Morgan fingerprint density at radius 2 is 1.81 bits per heavy atom. The molecule has 4 N–H and O–H groups in total. The molecule has 4 rings (SSSR count). The Bertz CT molecular complexity index is 1130. The number of aromatic hydroxyl groups is 1. The molecule has 1 fully saturated rings. The molecule has 0 amide bonds. The maximum Gasteiger partial charge on any atom is 0.166 e. The fraction of sp³-hybridized carbons (Fsp3) is 0.360. The van der Waals surface area contributed by atoms with Crippen molar-refractivity contribution in [1.29, 1.82) is 0 Å². The number of phenolic OH excluding ortho intramolecular Hbond substituents is 1. The first kappa shape index (κ1) is 22.8. The standard InChI is InChI=1S/C25H27Cl2N3O2/c1-2-3-23(31)19-13-29-22-9-4-14(15-11-20(26)25(32)21(27)12-15)10-18(22)24(19)30-17-7-5-16(28)6-8-17/h4,9-13,16-17,32H,2-3,5-8,28H2,1H3,(H,29,30)/t16-,17-. The molecule has 7 heteroatoms. The zero-order valence-electron chi connectivity index (χ0n) is 18.0. The van der Waals surface area contributed by atoms with Crippen LogP contribution in [0.25, 0.3) is 22.0 Å². The van der Waals surface area contributed by atoms with Crippen molar-refractivity contribution in [2.45, 2.75) is 57.5 Å². The van der Waals surface area contributed by atoms with E-state index in [9.17, 15) is 9.90 Å². The third kappa shape index (κ3) is 4.70. The number of nitrogens with two attached hydrogens (primary N) is 1. The van der Waals surface area contributed by atoms with Crippen molar-refractivity contribution in [3.63, 3.8) is 0 Å². The van der Waals surface area contributed by atoms with E-state index in [1.807, 2.05) is 25.1 Å². The van der Waals surface area contributed by atoms with Crippen LogP contribution in [0.4, 0.5) is 5.69 Å². The number of halogens is 2. The Morgan fingerprint density at radius 3 is 2.47 bits per heavy atom. The first-order valence-electron chi connectivity index (χ1n) is 11.0. The molecule has 0 radical (unpaired) electrons. The second kappa shape index (κ2) is 9.65. The van der Waals surface area contributed by atoms with Crippen LogP contribution in [-0.4, -0.2) is 28.0 Å². The van der Waals surface area contributed by atoms with Gasteiger partial charge in [-0.15, -0.1) is 0 Å². The monoisotopic (exact) mass is 471 g/mol. The van der Waals surface area contributed by atoms with Gasteiger partial charge in [0.1, 0.15) is 0 Å². The summed E-state index contributed by atoms with van der Waals surface area (Å²) >= 11 is 12.3. The van der Waals surface area contributed by atoms with Gasteiger partial charge in [-0.05, 0) is 67.5 Å². The van der Waals surface area contributed by atoms with E-state index in [0.717, 1.165) is 59.8 Å². The predicted octanol–water partition coefficient (Wildman–Crippen LogP) is 6.58. The van der Waals surface area contributed by atoms with Crippen LogP contribution in [0.2, 0.25) is 10.0 Å². The van der Waals surface area contributed by atoms with Crippen molar-refractivity contribution in [1.82, 2.24) is 4.98 Å². The van der Waals surface area contributed by atoms with Crippen LogP contribution in [0.15, 0.2) is 36.5 Å². The summed E-state index contributed by atoms with van der Waals surface area (Å²) < 4.78 is 0. The predicted molar refractivity (Wildman–Crippen MR) is 132 cm³/mol. The number of hydrogen-bond acceptors (Lipinski definition) is 5. The fourth-order valence-corrected chi connectivity index (χ4v) is 4.79. The molecule has 168 valence electrons. The SMILES string of the molecule is CCCC(=O)c1cnc2ccc(-c3cc(Cl)c(O)c(Cl)c3)cc2c1N[C@H]1CC[C@H](N)CC1. The van der Waals surface area contributed by atoms with Crippen molar-refractivity contribution in [3.05, 3.63) is 52.1 Å². The Kier molecular flexibility index (Phi) is 6.89. The minimum absolute atomic E-state index is 0.0815. The molecular formula is C25H27Cl2N3O2. The lowest BCUT2D eigenvalue weighted by atomic mass is 9.91. The van der Waals surface area contributed by atoms with Gasteiger partial charge in [-0.25, -0.2) is 0 Å². The highest BCUT2D eigenvalue weighted by atomic mass is 35.5. The molecule has 0 atom stereocenters. The zero-order valence-corrected chi connectivity index (χ0v) is 19.5. The van der Waals surface area contributed by atoms with Crippen molar-refractivity contribution in [2.24, 2.45) is 5.73 Å². The molecule has 0 spiro atoms. The average molecular weight is 472 g/mol. The first-order valence-corrected chi connectivity index (χ1v) is 11.8. The third-order valence-corrected chi connectivity index (χ3v) is 6.69. The van der Waals surface area contributed by atoms with Crippen molar-refractivity contribution in [3.8, 4) is 16.9 Å². The summed E-state index contributed by atoms with van der Waals surface area (Å²) in [7, 11) is 0. The number of pyridine rings is 1. The molecule has 0 unspecified atom stereocenters. The zero-order chi connectivity index (χ0) is 22.8. The van der Waals surface area contributed by atoms with Crippen molar-refractivity contribution < 1.29 is 9.90 Å². The molecule has 1 saturated carbocycles. The highest BCUT2D eigenvalue weighted by molar-refractivity contribution is 6.37. The lowest BCUT2D eigenvalue weighted by Crippen LogP contribution is -2.33. The van der Waals surface area contributed by atoms with Crippen molar-refractivity contribution >= 4 is 45.6 Å². The number of Topliss-reactive ketones (excluding diaryl/α,β-unsaturated/α-hetero) is 1. The largest absolute Gasteiger partial charge is 0.505 e. The molecule has 1 aliphatic carbocycles. The van der Waals surface area contributed by atoms with E-state index < -0.39 is 0 Å². The lowest BCUT2D eigenvalue weighted by Gasteiger charge is -2.29. The number of carbonyl (C=O) groups excluding carboxylic acids is 1. The van der Waals surface area contributed by atoms with Crippen LogP contribution in [0.3, 0.4) is 0 Å². The molecule has 1 aliphatic rings. The molecule has 0 saturated heterocycles. The quantitative estimate of drug-likeness (QED) is 0.353. The van der Waals surface area contributed by atoms with E-state index in [2.05, 4.69) is 10.3 Å². The molecule has 1 aromatic heterocycles. The summed E-state index contributed by atoms with van der Waals surface area (Å²) in [5, 5.41) is 14.8. The highest BCUT2D eigenvalue weighted by Gasteiger charge is 2.22. The number of hydrogen-bond donors (Lipinski definition) is 3. The summed E-state index contributed by atoms with van der Waals surface area (Å²) in [6.45, 7) is 2.00. The minimum atomic E-state index is -0.134. The third-order valence-electron chi connectivity index (χ3n) is 6.12. The van der Waals surface area contributed by atoms with Gasteiger partial charge in [0, 0.05) is 30.1 Å². The molecule has 2 aromatic carbocycles. The smallest absolute Gasteiger partial charge is 0.166 e. The summed E-state index contributed by atoms with van der Waals surface area (Å²) in [4.78, 5) is 17.5. The number of rotatable bonds is 6. The Balaban J connectivity index is 1.83. The van der Waals surface area contributed by atoms with E-state index in [1.165, 1.54) is 0 Å². The van der Waals surface area contributed by atoms with E-state index in [-0.39, 0.29) is 33.7 Å². The summed E-state index contributed by atoms with van der Waals surface area (Å²) in [6, 6.07) is 9.73. The fourth-order valence-electron chi connectivity index (χ4n) is 4.30. The first-order chi connectivity index (χ1) is 15.4. The number of carbonyl (C=O) groups is 1. The molecular weight excluding hydrogens is 445 g/mol. The van der Waals surface area contributed by atoms with Gasteiger partial charge >= 0.3 is 0 Å². The number of anilines is 1. The highest BCUT2D eigenvalue weighted by Crippen LogP contribution is 2.38. The van der Waals surface area contributed by atoms with Gasteiger partial charge < -0.3 is 16.2 Å². The Hall–Kier alpha value is -2.34. The molecule has 1 heterocycles. The Morgan fingerprint density at radius 1 is 1.12 bits per heavy atom. The van der Waals surface area contributed by atoms with Crippen LogP contribution < -0.4 is 11.1 Å². The second-order valence-electron chi connectivity index (χ2n) is 8.50. The molecule has 32 heavy (non-hydrogen) atoms. The van der Waals surface area contributed by atoms with Gasteiger partial charge in [-0.1, -0.05) is 36.2 Å². The van der Waals surface area contributed by atoms with Gasteiger partial charge in [-0.3, -0.25) is 9.78 Å². The van der Waals surface area contributed by atoms with Gasteiger partial charge in [0.05, 0.1) is 26.8 Å². The van der Waals surface area contributed by atoms with Gasteiger partial charge in [0.25, 0.3) is 0 Å². The minimum Gasteiger partial charge on any atom is -0.505 e. The number of ketones is 1. The van der Waals surface area contributed by atoms with Crippen LogP contribution >= 0.6 is 23.2 Å². The molecule has 0 bridgehead atoms.